The number of methoxy groups -OCH3 is 1. The van der Waals surface area contributed by atoms with Crippen molar-refractivity contribution in [1.82, 2.24) is 0 Å². The van der Waals surface area contributed by atoms with Gasteiger partial charge in [-0.3, -0.25) is 10.1 Å². The van der Waals surface area contributed by atoms with Gasteiger partial charge in [0.05, 0.1) is 24.7 Å². The van der Waals surface area contributed by atoms with Crippen molar-refractivity contribution >= 4 is 17.1 Å². The van der Waals surface area contributed by atoms with Crippen LogP contribution in [0.25, 0.3) is 0 Å². The van der Waals surface area contributed by atoms with Crippen molar-refractivity contribution in [3.05, 3.63) is 28.3 Å². The second-order valence-electron chi connectivity index (χ2n) is 3.81. The van der Waals surface area contributed by atoms with E-state index in [1.807, 2.05) is 6.07 Å². The van der Waals surface area contributed by atoms with Gasteiger partial charge in [-0.15, -0.1) is 0 Å². The van der Waals surface area contributed by atoms with Gasteiger partial charge < -0.3 is 20.1 Å². The molecule has 0 fully saturated rings. The first-order valence-corrected chi connectivity index (χ1v) is 5.95. The zero-order valence-electron chi connectivity index (χ0n) is 11.1. The minimum atomic E-state index is -0.416. The van der Waals surface area contributed by atoms with E-state index in [1.165, 1.54) is 12.1 Å². The molecule has 7 nitrogen and oxygen atoms in total. The number of nitrogens with zero attached hydrogens (tertiary/aromatic N) is 1. The Morgan fingerprint density at radius 1 is 1.21 bits per heavy atom. The van der Waals surface area contributed by atoms with Crippen molar-refractivity contribution in [2.75, 3.05) is 51.2 Å². The standard InChI is InChI=1S/C12H19N3O4/c1-13-10-7-11(9-12(8-10)15(16)17)14-3-4-19-6-5-18-2/h7-9,13-14H,3-6H2,1-2H3. The fourth-order valence-corrected chi connectivity index (χ4v) is 1.47. The minimum absolute atomic E-state index is 0.0506. The highest BCUT2D eigenvalue weighted by Gasteiger charge is 2.08. The van der Waals surface area contributed by atoms with E-state index < -0.39 is 4.92 Å². The highest BCUT2D eigenvalue weighted by molar-refractivity contribution is 5.63. The molecule has 1 aromatic carbocycles. The molecule has 0 amide bonds. The van der Waals surface area contributed by atoms with Crippen LogP contribution in [0.1, 0.15) is 0 Å². The van der Waals surface area contributed by atoms with Crippen molar-refractivity contribution in [2.45, 2.75) is 0 Å². The lowest BCUT2D eigenvalue weighted by molar-refractivity contribution is -0.384. The van der Waals surface area contributed by atoms with Crippen LogP contribution >= 0.6 is 0 Å². The molecule has 0 aliphatic rings. The molecule has 2 N–H and O–H groups in total. The van der Waals surface area contributed by atoms with Gasteiger partial charge in [-0.25, -0.2) is 0 Å². The van der Waals surface area contributed by atoms with Gasteiger partial charge in [0.2, 0.25) is 0 Å². The van der Waals surface area contributed by atoms with E-state index in [-0.39, 0.29) is 5.69 Å². The topological polar surface area (TPSA) is 85.7 Å². The van der Waals surface area contributed by atoms with Crippen LogP contribution in [0.5, 0.6) is 0 Å². The molecule has 0 radical (unpaired) electrons. The number of nitro groups is 1. The fourth-order valence-electron chi connectivity index (χ4n) is 1.47. The van der Waals surface area contributed by atoms with Crippen molar-refractivity contribution in [3.63, 3.8) is 0 Å². The van der Waals surface area contributed by atoms with Gasteiger partial charge >= 0.3 is 0 Å². The number of benzene rings is 1. The molecule has 0 atom stereocenters. The Kier molecular flexibility index (Phi) is 6.62. The number of non-ortho nitro benzene ring substituents is 1. The largest absolute Gasteiger partial charge is 0.388 e. The van der Waals surface area contributed by atoms with E-state index in [0.29, 0.717) is 37.7 Å². The Bertz CT molecular complexity index is 412. The SMILES string of the molecule is CNc1cc(NCCOCCOC)cc([N+](=O)[O-])c1. The van der Waals surface area contributed by atoms with Gasteiger partial charge in [0.15, 0.2) is 0 Å². The van der Waals surface area contributed by atoms with Gasteiger partial charge in [-0.05, 0) is 6.07 Å². The summed E-state index contributed by atoms with van der Waals surface area (Å²) >= 11 is 0. The fraction of sp³-hybridized carbons (Fsp3) is 0.500. The first-order chi connectivity index (χ1) is 9.17. The molecule has 0 unspecified atom stereocenters. The zero-order chi connectivity index (χ0) is 14.1. The summed E-state index contributed by atoms with van der Waals surface area (Å²) in [5.74, 6) is 0. The second-order valence-corrected chi connectivity index (χ2v) is 3.81. The summed E-state index contributed by atoms with van der Waals surface area (Å²) in [7, 11) is 3.33. The molecule has 0 spiro atoms. The normalized spacial score (nSPS) is 10.2. The van der Waals surface area contributed by atoms with Crippen molar-refractivity contribution in [1.29, 1.82) is 0 Å². The van der Waals surface area contributed by atoms with Crippen LogP contribution < -0.4 is 10.6 Å². The third-order valence-electron chi connectivity index (χ3n) is 2.42. The Hall–Kier alpha value is -1.86. The van der Waals surface area contributed by atoms with Gasteiger partial charge in [0, 0.05) is 44.2 Å². The molecule has 0 saturated carbocycles. The molecule has 7 heteroatoms. The van der Waals surface area contributed by atoms with Crippen LogP contribution in [0.3, 0.4) is 0 Å². The lowest BCUT2D eigenvalue weighted by atomic mass is 10.2. The molecular formula is C12H19N3O4. The van der Waals surface area contributed by atoms with Crippen LogP contribution in [-0.2, 0) is 9.47 Å². The lowest BCUT2D eigenvalue weighted by Gasteiger charge is -2.09. The number of hydrogen-bond donors (Lipinski definition) is 2. The molecule has 0 aliphatic carbocycles. The maximum Gasteiger partial charge on any atom is 0.273 e. The van der Waals surface area contributed by atoms with Crippen molar-refractivity contribution in [2.24, 2.45) is 0 Å². The molecule has 1 rings (SSSR count). The third kappa shape index (κ3) is 5.54. The molecule has 0 heterocycles. The molecule has 19 heavy (non-hydrogen) atoms. The van der Waals surface area contributed by atoms with Crippen molar-refractivity contribution < 1.29 is 14.4 Å². The predicted molar refractivity (Wildman–Crippen MR) is 73.8 cm³/mol. The maximum absolute atomic E-state index is 10.8. The third-order valence-corrected chi connectivity index (χ3v) is 2.42. The average molecular weight is 269 g/mol. The predicted octanol–water partition coefficient (Wildman–Crippen LogP) is 1.71. The first kappa shape index (κ1) is 15.2. The van der Waals surface area contributed by atoms with E-state index >= 15 is 0 Å². The van der Waals surface area contributed by atoms with E-state index in [1.54, 1.807) is 14.2 Å². The van der Waals surface area contributed by atoms with E-state index in [9.17, 15) is 10.1 Å². The summed E-state index contributed by atoms with van der Waals surface area (Å²) in [4.78, 5) is 10.4. The highest BCUT2D eigenvalue weighted by atomic mass is 16.6. The number of rotatable bonds is 9. The summed E-state index contributed by atoms with van der Waals surface area (Å²) < 4.78 is 10.1. The Balaban J connectivity index is 2.48. The highest BCUT2D eigenvalue weighted by Crippen LogP contribution is 2.23. The van der Waals surface area contributed by atoms with E-state index in [2.05, 4.69) is 10.6 Å². The lowest BCUT2D eigenvalue weighted by Crippen LogP contribution is -2.12. The molecular weight excluding hydrogens is 250 g/mol. The van der Waals surface area contributed by atoms with Crippen LogP contribution in [0.2, 0.25) is 0 Å². The summed E-state index contributed by atoms with van der Waals surface area (Å²) in [6, 6.07) is 4.79. The number of anilines is 2. The number of ether oxygens (including phenoxy) is 2. The summed E-state index contributed by atoms with van der Waals surface area (Å²) in [6.07, 6.45) is 0. The zero-order valence-corrected chi connectivity index (χ0v) is 11.1. The molecule has 0 bridgehead atoms. The molecule has 106 valence electrons. The molecule has 0 aliphatic heterocycles. The van der Waals surface area contributed by atoms with Crippen LogP contribution in [0, 0.1) is 10.1 Å². The second kappa shape index (κ2) is 8.28. The van der Waals surface area contributed by atoms with Crippen LogP contribution in [0.4, 0.5) is 17.1 Å². The monoisotopic (exact) mass is 269 g/mol. The Morgan fingerprint density at radius 2 is 1.95 bits per heavy atom. The van der Waals surface area contributed by atoms with Gasteiger partial charge in [0.1, 0.15) is 0 Å². The average Bonchev–Trinajstić information content (AvgIpc) is 2.42. The number of nitro benzene ring substituents is 1. The molecule has 1 aromatic rings. The molecule has 0 saturated heterocycles. The van der Waals surface area contributed by atoms with E-state index in [4.69, 9.17) is 9.47 Å². The summed E-state index contributed by atoms with van der Waals surface area (Å²) in [6.45, 7) is 2.19. The molecule has 0 aromatic heterocycles. The minimum Gasteiger partial charge on any atom is -0.388 e. The number of nitrogens with one attached hydrogen (secondary N) is 2. The smallest absolute Gasteiger partial charge is 0.273 e. The number of hydrogen-bond acceptors (Lipinski definition) is 6. The summed E-state index contributed by atoms with van der Waals surface area (Å²) in [5, 5.41) is 16.8. The first-order valence-electron chi connectivity index (χ1n) is 5.95. The Labute approximate surface area is 112 Å². The van der Waals surface area contributed by atoms with Crippen LogP contribution in [-0.4, -0.2) is 45.4 Å². The van der Waals surface area contributed by atoms with Crippen LogP contribution in [0.15, 0.2) is 18.2 Å². The maximum atomic E-state index is 10.8. The summed E-state index contributed by atoms with van der Waals surface area (Å²) in [5.41, 5.74) is 1.43. The van der Waals surface area contributed by atoms with Crippen molar-refractivity contribution in [3.8, 4) is 0 Å². The van der Waals surface area contributed by atoms with E-state index in [0.717, 1.165) is 0 Å². The van der Waals surface area contributed by atoms with Gasteiger partial charge in [-0.2, -0.15) is 0 Å². The Morgan fingerprint density at radius 3 is 2.58 bits per heavy atom. The van der Waals surface area contributed by atoms with Gasteiger partial charge in [0.25, 0.3) is 5.69 Å². The van der Waals surface area contributed by atoms with Gasteiger partial charge in [-0.1, -0.05) is 0 Å². The quantitative estimate of drug-likeness (QED) is 0.403.